The smallest absolute Gasteiger partial charge is 0.291 e. The summed E-state index contributed by atoms with van der Waals surface area (Å²) in [5.74, 6) is 0.794. The van der Waals surface area contributed by atoms with Gasteiger partial charge in [0.05, 0.1) is 17.8 Å². The van der Waals surface area contributed by atoms with E-state index in [2.05, 4.69) is 14.9 Å². The predicted molar refractivity (Wildman–Crippen MR) is 88.8 cm³/mol. The second-order valence-electron chi connectivity index (χ2n) is 6.37. The molecule has 0 radical (unpaired) electrons. The lowest BCUT2D eigenvalue weighted by Gasteiger charge is -2.41. The van der Waals surface area contributed by atoms with Crippen LogP contribution in [0.25, 0.3) is 0 Å². The molecule has 1 aliphatic rings. The molecule has 0 spiro atoms. The number of rotatable bonds is 4. The van der Waals surface area contributed by atoms with Gasteiger partial charge in [-0.2, -0.15) is 0 Å². The number of aromatic nitrogens is 2. The highest BCUT2D eigenvalue weighted by Gasteiger charge is 2.36. The molecule has 0 bridgehead atoms. The van der Waals surface area contributed by atoms with Crippen molar-refractivity contribution in [3.05, 3.63) is 42.2 Å². The zero-order chi connectivity index (χ0) is 17.2. The molecule has 7 heteroatoms. The summed E-state index contributed by atoms with van der Waals surface area (Å²) < 4.78 is 5.16. The minimum absolute atomic E-state index is 0.221. The number of hydrogen-bond acceptors (Lipinski definition) is 6. The molecule has 3 heterocycles. The number of carbonyl (C=O) groups is 1. The van der Waals surface area contributed by atoms with Crippen molar-refractivity contribution in [2.45, 2.75) is 25.4 Å². The first kappa shape index (κ1) is 16.4. The molecule has 128 valence electrons. The SMILES string of the molecule is Cc1ncoc1C(=O)N(C)C[C@]1(O)CCCN(c2ccccn2)C1. The number of likely N-dealkylation sites (N-methyl/N-ethyl adjacent to an activating group) is 1. The van der Waals surface area contributed by atoms with E-state index in [1.165, 1.54) is 11.3 Å². The van der Waals surface area contributed by atoms with Crippen molar-refractivity contribution in [1.82, 2.24) is 14.9 Å². The first-order valence-corrected chi connectivity index (χ1v) is 8.02. The maximum absolute atomic E-state index is 12.4. The highest BCUT2D eigenvalue weighted by Crippen LogP contribution is 2.26. The van der Waals surface area contributed by atoms with Crippen molar-refractivity contribution in [3.8, 4) is 0 Å². The van der Waals surface area contributed by atoms with E-state index >= 15 is 0 Å². The van der Waals surface area contributed by atoms with Gasteiger partial charge in [-0.1, -0.05) is 6.07 Å². The van der Waals surface area contributed by atoms with Crippen LogP contribution in [0.4, 0.5) is 5.82 Å². The summed E-state index contributed by atoms with van der Waals surface area (Å²) in [6, 6.07) is 5.72. The van der Waals surface area contributed by atoms with Crippen LogP contribution in [0.5, 0.6) is 0 Å². The Balaban J connectivity index is 1.69. The lowest BCUT2D eigenvalue weighted by molar-refractivity contribution is -0.000895. The van der Waals surface area contributed by atoms with Gasteiger partial charge in [0.2, 0.25) is 5.76 Å². The Morgan fingerprint density at radius 2 is 2.29 bits per heavy atom. The highest BCUT2D eigenvalue weighted by atomic mass is 16.4. The minimum atomic E-state index is -0.978. The molecule has 1 amide bonds. The molecule has 1 atom stereocenters. The quantitative estimate of drug-likeness (QED) is 0.914. The van der Waals surface area contributed by atoms with E-state index in [1.54, 1.807) is 20.2 Å². The maximum Gasteiger partial charge on any atom is 0.291 e. The minimum Gasteiger partial charge on any atom is -0.438 e. The van der Waals surface area contributed by atoms with Gasteiger partial charge in [0.15, 0.2) is 6.39 Å². The van der Waals surface area contributed by atoms with E-state index in [0.717, 1.165) is 18.8 Å². The molecule has 24 heavy (non-hydrogen) atoms. The largest absolute Gasteiger partial charge is 0.438 e. The Morgan fingerprint density at radius 1 is 1.46 bits per heavy atom. The fourth-order valence-electron chi connectivity index (χ4n) is 3.17. The summed E-state index contributed by atoms with van der Waals surface area (Å²) in [6.07, 6.45) is 4.49. The standard InChI is InChI=1S/C17H22N4O3/c1-13-15(24-12-19-13)16(22)20(2)10-17(23)7-5-9-21(11-17)14-6-3-4-8-18-14/h3-4,6,8,12,23H,5,7,9-11H2,1-2H3/t17-/m1/s1. The van der Waals surface area contributed by atoms with E-state index in [0.29, 0.717) is 18.7 Å². The van der Waals surface area contributed by atoms with E-state index < -0.39 is 5.60 Å². The lowest BCUT2D eigenvalue weighted by Crippen LogP contribution is -2.54. The van der Waals surface area contributed by atoms with E-state index in [-0.39, 0.29) is 18.2 Å². The second-order valence-corrected chi connectivity index (χ2v) is 6.37. The van der Waals surface area contributed by atoms with Crippen molar-refractivity contribution >= 4 is 11.7 Å². The Morgan fingerprint density at radius 3 is 2.96 bits per heavy atom. The van der Waals surface area contributed by atoms with Crippen LogP contribution in [0.15, 0.2) is 35.2 Å². The van der Waals surface area contributed by atoms with E-state index in [4.69, 9.17) is 4.42 Å². The van der Waals surface area contributed by atoms with Crippen LogP contribution in [0, 0.1) is 6.92 Å². The summed E-state index contributed by atoms with van der Waals surface area (Å²) in [5, 5.41) is 11.0. The third-order valence-electron chi connectivity index (χ3n) is 4.35. The number of piperidine rings is 1. The number of hydrogen-bond donors (Lipinski definition) is 1. The van der Waals surface area contributed by atoms with Crippen LogP contribution in [-0.4, -0.2) is 58.2 Å². The van der Waals surface area contributed by atoms with Crippen LogP contribution >= 0.6 is 0 Å². The number of nitrogens with zero attached hydrogens (tertiary/aromatic N) is 4. The van der Waals surface area contributed by atoms with Crippen LogP contribution < -0.4 is 4.90 Å². The fourth-order valence-corrected chi connectivity index (χ4v) is 3.17. The zero-order valence-electron chi connectivity index (χ0n) is 14.0. The van der Waals surface area contributed by atoms with Gasteiger partial charge in [-0.3, -0.25) is 4.79 Å². The molecule has 1 fully saturated rings. The summed E-state index contributed by atoms with van der Waals surface area (Å²) >= 11 is 0. The van der Waals surface area contributed by atoms with Gasteiger partial charge in [-0.05, 0) is 31.9 Å². The normalized spacial score (nSPS) is 20.9. The van der Waals surface area contributed by atoms with Crippen molar-refractivity contribution < 1.29 is 14.3 Å². The number of pyridine rings is 1. The monoisotopic (exact) mass is 330 g/mol. The van der Waals surface area contributed by atoms with Gasteiger partial charge < -0.3 is 19.3 Å². The molecule has 0 saturated carbocycles. The van der Waals surface area contributed by atoms with Crippen molar-refractivity contribution in [2.24, 2.45) is 0 Å². The fraction of sp³-hybridized carbons (Fsp3) is 0.471. The molecule has 2 aromatic rings. The number of aryl methyl sites for hydroxylation is 1. The van der Waals surface area contributed by atoms with Crippen molar-refractivity contribution in [2.75, 3.05) is 31.6 Å². The number of amides is 1. The van der Waals surface area contributed by atoms with E-state index in [9.17, 15) is 9.90 Å². The number of aliphatic hydroxyl groups is 1. The van der Waals surface area contributed by atoms with Gasteiger partial charge in [-0.15, -0.1) is 0 Å². The molecule has 1 N–H and O–H groups in total. The number of β-amino-alcohol motifs (C(OH)–C–C–N with tert-alkyl or cyclic N) is 1. The molecule has 1 aliphatic heterocycles. The molecular weight excluding hydrogens is 308 g/mol. The first-order chi connectivity index (χ1) is 11.5. The van der Waals surface area contributed by atoms with Crippen LogP contribution in [-0.2, 0) is 0 Å². The summed E-state index contributed by atoms with van der Waals surface area (Å²) in [5.41, 5.74) is -0.425. The summed E-state index contributed by atoms with van der Waals surface area (Å²) in [7, 11) is 1.67. The van der Waals surface area contributed by atoms with Gasteiger partial charge in [0.25, 0.3) is 5.91 Å². The average molecular weight is 330 g/mol. The van der Waals surface area contributed by atoms with Gasteiger partial charge >= 0.3 is 0 Å². The Kier molecular flexibility index (Phi) is 4.53. The lowest BCUT2D eigenvalue weighted by atomic mass is 9.92. The molecule has 7 nitrogen and oxygen atoms in total. The second kappa shape index (κ2) is 6.60. The first-order valence-electron chi connectivity index (χ1n) is 8.02. The molecule has 3 rings (SSSR count). The Hall–Kier alpha value is -2.41. The molecule has 0 aromatic carbocycles. The molecule has 2 aromatic heterocycles. The number of anilines is 1. The molecule has 0 aliphatic carbocycles. The highest BCUT2D eigenvalue weighted by molar-refractivity contribution is 5.92. The average Bonchev–Trinajstić information content (AvgIpc) is 3.00. The summed E-state index contributed by atoms with van der Waals surface area (Å²) in [4.78, 5) is 24.3. The Bertz CT molecular complexity index is 703. The molecule has 1 saturated heterocycles. The van der Waals surface area contributed by atoms with Crippen LogP contribution in [0.2, 0.25) is 0 Å². The number of oxazole rings is 1. The number of carbonyl (C=O) groups excluding carboxylic acids is 1. The Labute approximate surface area is 140 Å². The predicted octanol–water partition coefficient (Wildman–Crippen LogP) is 1.48. The van der Waals surface area contributed by atoms with Crippen molar-refractivity contribution in [3.63, 3.8) is 0 Å². The van der Waals surface area contributed by atoms with Crippen LogP contribution in [0.1, 0.15) is 29.1 Å². The van der Waals surface area contributed by atoms with Gasteiger partial charge in [-0.25, -0.2) is 9.97 Å². The van der Waals surface area contributed by atoms with Crippen molar-refractivity contribution in [1.29, 1.82) is 0 Å². The van der Waals surface area contributed by atoms with Gasteiger partial charge in [0.1, 0.15) is 5.82 Å². The zero-order valence-corrected chi connectivity index (χ0v) is 14.0. The third kappa shape index (κ3) is 3.41. The summed E-state index contributed by atoms with van der Waals surface area (Å²) in [6.45, 7) is 3.24. The molecule has 0 unspecified atom stereocenters. The van der Waals surface area contributed by atoms with E-state index in [1.807, 2.05) is 18.2 Å². The topological polar surface area (TPSA) is 82.7 Å². The molecular formula is C17H22N4O3. The third-order valence-corrected chi connectivity index (χ3v) is 4.35. The van der Waals surface area contributed by atoms with Crippen LogP contribution in [0.3, 0.4) is 0 Å². The maximum atomic E-state index is 12.4. The van der Waals surface area contributed by atoms with Gasteiger partial charge in [0, 0.05) is 26.3 Å².